The van der Waals surface area contributed by atoms with Crippen molar-refractivity contribution in [2.24, 2.45) is 0 Å². The van der Waals surface area contributed by atoms with E-state index >= 15 is 0 Å². The zero-order valence-corrected chi connectivity index (χ0v) is 86.3. The van der Waals surface area contributed by atoms with Crippen LogP contribution in [0.4, 0.5) is 17.6 Å². The van der Waals surface area contributed by atoms with Gasteiger partial charge in [-0.05, 0) is 276 Å². The SMILES string of the molecule is BrC(Br)(Br)Br.CC1(C)OB(c2ccc(C(=O)O)cc2F)OC1(C)C.CC1(C)OB(c2ccc(CBr)cc2F)OC1(C)C.CC1(C)OB(c2ccc(CO)cc2F)OC1(C)C.CC1(C)OB(c2ccc(COc3ccc4nc(C#N)sc4c3)cc2F)OC1(C)C.O=CO[O-].[B]C1CCCO1.[H-].[K+].[K+].c1ccc(P(c2ccccc2)c2ccccc2)cc1. The number of carboxylic acids is 1. The Hall–Kier alpha value is -2.41. The predicted octanol–water partition coefficient (Wildman–Crippen LogP) is 10.1. The molecule has 14 rings (SSSR count). The maximum atomic E-state index is 14.7. The third-order valence-corrected chi connectivity index (χ3v) is 24.7. The van der Waals surface area contributed by atoms with Crippen molar-refractivity contribution in [1.82, 2.24) is 4.98 Å². The van der Waals surface area contributed by atoms with Gasteiger partial charge < -0.3 is 68.5 Å². The van der Waals surface area contributed by atoms with Crippen molar-refractivity contribution < 1.29 is 198 Å². The molecule has 2 N–H and O–H groups in total. The van der Waals surface area contributed by atoms with Gasteiger partial charge in [0.2, 0.25) is 0 Å². The fourth-order valence-electron chi connectivity index (χ4n) is 11.3. The Bertz CT molecular complexity index is 4600. The molecule has 0 aliphatic carbocycles. The van der Waals surface area contributed by atoms with Gasteiger partial charge >= 0.3 is 137 Å². The number of hydrogen-bond donors (Lipinski definition) is 2. The van der Waals surface area contributed by atoms with E-state index in [0.717, 1.165) is 41.3 Å². The van der Waals surface area contributed by atoms with E-state index in [1.807, 2.05) is 141 Å². The Morgan fingerprint density at radius 3 is 1.20 bits per heavy atom. The van der Waals surface area contributed by atoms with Gasteiger partial charge in [0.15, 0.2) is 6.06 Å². The van der Waals surface area contributed by atoms with Gasteiger partial charge in [0.05, 0.1) is 67.2 Å². The van der Waals surface area contributed by atoms with Crippen LogP contribution in [0.3, 0.4) is 0 Å². The molecule has 0 spiro atoms. The number of halogens is 9. The fourth-order valence-corrected chi connectivity index (χ4v) is 14.7. The van der Waals surface area contributed by atoms with Gasteiger partial charge in [-0.15, -0.1) is 11.3 Å². The molecule has 0 saturated carbocycles. The number of rotatable bonds is 14. The van der Waals surface area contributed by atoms with Gasteiger partial charge in [-0.1, -0.05) is 149 Å². The number of carboxylic acid groups (broad SMARTS) is 1. The molecule has 628 valence electrons. The second-order valence-electron chi connectivity index (χ2n) is 31.3. The molecule has 5 aliphatic heterocycles. The number of thiazole rings is 1. The molecule has 6 heterocycles. The minimum absolute atomic E-state index is 0. The van der Waals surface area contributed by atoms with Gasteiger partial charge in [0.1, 0.15) is 49.5 Å². The zero-order valence-electron chi connectivity index (χ0n) is 71.4. The van der Waals surface area contributed by atoms with E-state index in [2.05, 4.69) is 181 Å². The van der Waals surface area contributed by atoms with E-state index in [1.165, 1.54) is 57.6 Å². The first-order valence-electron chi connectivity index (χ1n) is 37.3. The molecular formula is C84H95B5Br5F4K2N2O16PS. The molecular weight excluding hydrogens is 1960 g/mol. The van der Waals surface area contributed by atoms with Crippen LogP contribution in [0.15, 0.2) is 182 Å². The van der Waals surface area contributed by atoms with Crippen molar-refractivity contribution in [2.45, 2.75) is 194 Å². The van der Waals surface area contributed by atoms with Crippen molar-refractivity contribution in [3.05, 3.63) is 233 Å². The molecule has 18 nitrogen and oxygen atoms in total. The number of nitriles is 1. The van der Waals surface area contributed by atoms with Crippen molar-refractivity contribution in [1.29, 1.82) is 5.26 Å². The average Bonchev–Trinajstić information content (AvgIpc) is 1.62. The van der Waals surface area contributed by atoms with Crippen molar-refractivity contribution in [2.75, 3.05) is 6.61 Å². The maximum Gasteiger partial charge on any atom is 1.00 e. The topological polar surface area (TPSA) is 236 Å². The number of alkyl halides is 5. The number of benzene rings is 8. The van der Waals surface area contributed by atoms with Gasteiger partial charge in [0, 0.05) is 39.8 Å². The molecule has 5 aliphatic rings. The summed E-state index contributed by atoms with van der Waals surface area (Å²) in [5, 5.41) is 40.4. The summed E-state index contributed by atoms with van der Waals surface area (Å²) < 4.78 is 114. The third kappa shape index (κ3) is 30.9. The van der Waals surface area contributed by atoms with Crippen LogP contribution in [0, 0.1) is 34.6 Å². The van der Waals surface area contributed by atoms with E-state index < -0.39 is 98.8 Å². The molecule has 1 atom stereocenters. The number of hydrogen-bond acceptors (Lipinski definition) is 18. The third-order valence-electron chi connectivity index (χ3n) is 20.7. The average molecular weight is 2060 g/mol. The van der Waals surface area contributed by atoms with Crippen LogP contribution in [0.1, 0.15) is 157 Å². The fraction of sp³-hybridized carbons (Fsp3) is 0.381. The van der Waals surface area contributed by atoms with Gasteiger partial charge in [-0.2, -0.15) is 5.26 Å². The largest absolute Gasteiger partial charge is 1.00 e. The standard InChI is InChI=1S/C21H20BFN2O3S.C18H15P.C13H17BBrFO2.C13H16BFO4.C13H18BFO3.C4H7BO.CBr4.CH2O3.2K.H/c1-20(2)21(3,4)28-22(27-20)15-7-5-13(9-16(15)23)12-26-14-6-8-17-18(10-14)29-19(11-24)25-17;1-4-10-16(11-5-1)19(17-12-6-2-7-13-17)18-14-8-3-9-15-18;1-12(2)13(3,4)18-14(17-12)10-6-5-9(8-15)7-11(10)16;1-12(2)13(3,4)19-14(18-12)9-6-5-8(11(16)17)7-10(9)15;1-12(2)13(3,4)18-14(17-12)10-6-5-9(8-16)7-11(10)15;5-4-2-1-3-6-4;2-1(3,4)5;2-1-4-3;;;/h5-10H,12H2,1-4H3;1-15H;5-7H,8H2,1-4H3;5-7H,1-4H3,(H,16,17);5-7,16H,8H2,1-4H3;4H,1-3H2;;1,3H;;;/q;;;;;;;;2*+1;-1/p-1. The summed E-state index contributed by atoms with van der Waals surface area (Å²) >= 11 is 17.1. The molecule has 36 heteroatoms. The number of nitrogens with zero attached hydrogens (tertiary/aromatic N) is 2. The number of aliphatic hydroxyl groups is 1. The zero-order chi connectivity index (χ0) is 87.6. The van der Waals surface area contributed by atoms with Crippen molar-refractivity contribution in [3.8, 4) is 11.8 Å². The number of carbonyl (C=O) groups excluding carboxylic acids is 1. The minimum Gasteiger partial charge on any atom is -1.00 e. The van der Waals surface area contributed by atoms with Gasteiger partial charge in [-0.3, -0.25) is 4.79 Å². The number of ether oxygens (including phenoxy) is 2. The molecule has 8 aromatic carbocycles. The minimum atomic E-state index is -1.17. The summed E-state index contributed by atoms with van der Waals surface area (Å²) in [5.41, 5.74) is 0.176. The molecule has 9 aromatic rings. The Labute approximate surface area is 838 Å². The molecule has 5 saturated heterocycles. The Kier molecular flexibility index (Phi) is 43.0. The quantitative estimate of drug-likeness (QED) is 0.0196. The van der Waals surface area contributed by atoms with Crippen LogP contribution < -0.4 is 151 Å². The monoisotopic (exact) mass is 2050 g/mol. The van der Waals surface area contributed by atoms with Crippen LogP contribution in [0.25, 0.3) is 10.2 Å². The van der Waals surface area contributed by atoms with Crippen LogP contribution in [-0.2, 0) is 70.2 Å². The molecule has 120 heavy (non-hydrogen) atoms. The first kappa shape index (κ1) is 108. The summed E-state index contributed by atoms with van der Waals surface area (Å²) in [6, 6.07) is 58.2. The summed E-state index contributed by atoms with van der Waals surface area (Å²) in [6.45, 7) is 31.5. The normalized spacial score (nSPS) is 17.9. The first-order valence-corrected chi connectivity index (χ1v) is 43.8. The number of carbonyl (C=O) groups is 2. The molecule has 1 unspecified atom stereocenters. The van der Waals surface area contributed by atoms with Gasteiger partial charge in [0.25, 0.3) is 6.47 Å². The van der Waals surface area contributed by atoms with E-state index in [9.17, 15) is 22.4 Å². The molecule has 0 amide bonds. The molecule has 5 fully saturated rings. The summed E-state index contributed by atoms with van der Waals surface area (Å²) in [6.07, 6.45) is 2.18. The summed E-state index contributed by atoms with van der Waals surface area (Å²) in [7, 11) is 1.96. The van der Waals surface area contributed by atoms with Crippen LogP contribution in [0.5, 0.6) is 5.75 Å². The Balaban J connectivity index is 0.000000305. The second-order valence-corrected chi connectivity index (χ2v) is 46.3. The van der Waals surface area contributed by atoms with Crippen LogP contribution >= 0.6 is 98.9 Å². The molecule has 1 aromatic heterocycles. The maximum absolute atomic E-state index is 14.7. The molecule has 0 bridgehead atoms. The summed E-state index contributed by atoms with van der Waals surface area (Å²) in [5.74, 6) is -2.26. The first-order chi connectivity index (χ1) is 55.1. The van der Waals surface area contributed by atoms with Crippen LogP contribution in [0.2, 0.25) is 0 Å². The number of aromatic nitrogens is 1. The van der Waals surface area contributed by atoms with Crippen molar-refractivity contribution >= 4 is 196 Å². The van der Waals surface area contributed by atoms with E-state index in [-0.39, 0.29) is 154 Å². The van der Waals surface area contributed by atoms with Crippen LogP contribution in [-0.4, -0.2) is 122 Å². The predicted molar refractivity (Wildman–Crippen MR) is 479 cm³/mol. The number of fused-ring (bicyclic) bond motifs is 1. The Morgan fingerprint density at radius 1 is 0.575 bits per heavy atom. The second kappa shape index (κ2) is 47.8. The van der Waals surface area contributed by atoms with E-state index in [1.54, 1.807) is 30.3 Å². The van der Waals surface area contributed by atoms with Gasteiger partial charge in [-0.25, -0.2) is 27.3 Å². The summed E-state index contributed by atoms with van der Waals surface area (Å²) in [4.78, 5) is 26.2. The van der Waals surface area contributed by atoms with E-state index in [4.69, 9.17) is 80.1 Å². The smallest absolute Gasteiger partial charge is 1.00 e. The number of aromatic carboxylic acids is 1. The van der Waals surface area contributed by atoms with Crippen molar-refractivity contribution in [3.63, 3.8) is 0 Å². The van der Waals surface area contributed by atoms with E-state index in [0.29, 0.717) is 43.6 Å². The molecule has 2 radical (unpaired) electrons. The Morgan fingerprint density at radius 2 is 0.908 bits per heavy atom. The number of aliphatic hydroxyl groups excluding tert-OH is 1.